The van der Waals surface area contributed by atoms with E-state index in [0.717, 1.165) is 118 Å². The molecule has 3 aliphatic rings. The number of hydrogen-bond acceptors (Lipinski definition) is 9. The summed E-state index contributed by atoms with van der Waals surface area (Å²) in [5, 5.41) is 4.32. The summed E-state index contributed by atoms with van der Waals surface area (Å²) in [7, 11) is 1.73. The van der Waals surface area contributed by atoms with Gasteiger partial charge < -0.3 is 24.2 Å². The lowest BCUT2D eigenvalue weighted by molar-refractivity contribution is -0.131. The largest absolute Gasteiger partial charge is 0.494 e. The summed E-state index contributed by atoms with van der Waals surface area (Å²) in [5.74, 6) is 1.10. The summed E-state index contributed by atoms with van der Waals surface area (Å²) < 4.78 is 11.3. The first-order chi connectivity index (χ1) is 19.2. The minimum absolute atomic E-state index is 0.0309. The van der Waals surface area contributed by atoms with E-state index in [1.54, 1.807) is 18.4 Å². The number of morpholine rings is 1. The van der Waals surface area contributed by atoms with Crippen LogP contribution in [0.15, 0.2) is 35.8 Å². The number of carbonyl (C=O) groups is 1. The van der Waals surface area contributed by atoms with Gasteiger partial charge >= 0.3 is 0 Å². The minimum Gasteiger partial charge on any atom is -0.494 e. The molecule has 39 heavy (non-hydrogen) atoms. The molecule has 9 nitrogen and oxygen atoms in total. The van der Waals surface area contributed by atoms with Crippen molar-refractivity contribution in [2.45, 2.75) is 31.7 Å². The lowest BCUT2D eigenvalue weighted by Gasteiger charge is -2.31. The fraction of sp³-hybridized carbons (Fsp3) is 0.552. The summed E-state index contributed by atoms with van der Waals surface area (Å²) in [6.45, 7) is 8.46. The van der Waals surface area contributed by atoms with Crippen LogP contribution < -0.4 is 14.5 Å². The molecule has 3 fully saturated rings. The predicted octanol–water partition coefficient (Wildman–Crippen LogP) is 3.80. The van der Waals surface area contributed by atoms with Crippen molar-refractivity contribution in [2.75, 3.05) is 82.5 Å². The summed E-state index contributed by atoms with van der Waals surface area (Å²) >= 11 is 1.69. The van der Waals surface area contributed by atoms with Crippen molar-refractivity contribution >= 4 is 39.0 Å². The summed E-state index contributed by atoms with van der Waals surface area (Å²) in [6, 6.07) is 8.16. The fourth-order valence-electron chi connectivity index (χ4n) is 6.07. The molecule has 0 saturated carbocycles. The van der Waals surface area contributed by atoms with Crippen molar-refractivity contribution in [3.05, 3.63) is 41.5 Å². The van der Waals surface area contributed by atoms with Gasteiger partial charge in [0.1, 0.15) is 11.4 Å². The molecule has 3 saturated heterocycles. The van der Waals surface area contributed by atoms with Crippen molar-refractivity contribution in [3.8, 4) is 5.75 Å². The number of nitrogens with zero attached hydrogens (tertiary/aromatic N) is 6. The van der Waals surface area contributed by atoms with E-state index >= 15 is 0 Å². The maximum absolute atomic E-state index is 13.4. The smallest absolute Gasteiger partial charge is 0.224 e. The Morgan fingerprint density at radius 2 is 1.85 bits per heavy atom. The Kier molecular flexibility index (Phi) is 8.13. The van der Waals surface area contributed by atoms with Crippen LogP contribution in [-0.2, 0) is 9.53 Å². The predicted molar refractivity (Wildman–Crippen MR) is 155 cm³/mol. The highest BCUT2D eigenvalue weighted by Crippen LogP contribution is 2.37. The molecule has 0 spiro atoms. The zero-order valence-corrected chi connectivity index (χ0v) is 23.6. The van der Waals surface area contributed by atoms with Crippen LogP contribution in [0.1, 0.15) is 37.4 Å². The van der Waals surface area contributed by atoms with Crippen LogP contribution >= 0.6 is 11.3 Å². The van der Waals surface area contributed by atoms with E-state index in [0.29, 0.717) is 6.42 Å². The lowest BCUT2D eigenvalue weighted by atomic mass is 10.1. The molecule has 0 radical (unpaired) electrons. The van der Waals surface area contributed by atoms with E-state index in [9.17, 15) is 4.79 Å². The first kappa shape index (κ1) is 26.3. The lowest BCUT2D eigenvalue weighted by Crippen LogP contribution is -2.38. The molecule has 10 heteroatoms. The molecule has 1 aromatic carbocycles. The van der Waals surface area contributed by atoms with Gasteiger partial charge in [0, 0.05) is 75.7 Å². The molecule has 1 atom stereocenters. The number of methoxy groups -OCH3 is 1. The maximum atomic E-state index is 13.4. The number of anilines is 2. The summed E-state index contributed by atoms with van der Waals surface area (Å²) in [5.41, 5.74) is 3.05. The molecule has 1 unspecified atom stereocenters. The first-order valence-electron chi connectivity index (χ1n) is 14.2. The van der Waals surface area contributed by atoms with Gasteiger partial charge in [-0.1, -0.05) is 6.07 Å². The average Bonchev–Trinajstić information content (AvgIpc) is 3.65. The molecule has 6 rings (SSSR count). The van der Waals surface area contributed by atoms with Gasteiger partial charge in [-0.25, -0.2) is 4.98 Å². The van der Waals surface area contributed by atoms with E-state index in [1.165, 1.54) is 0 Å². The molecule has 3 aromatic rings. The van der Waals surface area contributed by atoms with Gasteiger partial charge in [-0.3, -0.25) is 14.7 Å². The SMILES string of the molecule is COc1ccc2cccnc2c1N1CCCN(C(CC(=O)N2CCCC2)c2csc(N3CCOCC3)n2)CC1. The number of likely N-dealkylation sites (tertiary alicyclic amines) is 1. The Labute approximate surface area is 234 Å². The average molecular weight is 551 g/mol. The number of aromatic nitrogens is 2. The third-order valence-electron chi connectivity index (χ3n) is 8.18. The normalized spacial score (nSPS) is 19.9. The summed E-state index contributed by atoms with van der Waals surface area (Å²) in [4.78, 5) is 32.5. The molecular formula is C29H38N6O3S. The van der Waals surface area contributed by atoms with Crippen molar-refractivity contribution in [1.29, 1.82) is 0 Å². The standard InChI is InChI=1S/C29H38N6O3S/c1-37-25-8-7-22-6-4-9-30-27(22)28(25)34-13-5-12-32(14-15-34)24(20-26(36)33-10-2-3-11-33)23-21-39-29(31-23)35-16-18-38-19-17-35/h4,6-9,21,24H,2-3,5,10-20H2,1H3. The summed E-state index contributed by atoms with van der Waals surface area (Å²) in [6.07, 6.45) is 5.53. The third kappa shape index (κ3) is 5.69. The quantitative estimate of drug-likeness (QED) is 0.440. The third-order valence-corrected chi connectivity index (χ3v) is 9.10. The van der Waals surface area contributed by atoms with Gasteiger partial charge in [0.15, 0.2) is 5.13 Å². The van der Waals surface area contributed by atoms with E-state index in [2.05, 4.69) is 32.2 Å². The highest BCUT2D eigenvalue weighted by atomic mass is 32.1. The van der Waals surface area contributed by atoms with Crippen LogP contribution in [0.25, 0.3) is 10.9 Å². The van der Waals surface area contributed by atoms with Crippen LogP contribution in [0, 0.1) is 0 Å². The number of amides is 1. The number of hydrogen-bond donors (Lipinski definition) is 0. The molecule has 208 valence electrons. The van der Waals surface area contributed by atoms with E-state index < -0.39 is 0 Å². The molecule has 2 aromatic heterocycles. The van der Waals surface area contributed by atoms with Crippen molar-refractivity contribution < 1.29 is 14.3 Å². The molecule has 3 aliphatic heterocycles. The second-order valence-electron chi connectivity index (χ2n) is 10.5. The number of ether oxygens (including phenoxy) is 2. The number of fused-ring (bicyclic) bond motifs is 1. The van der Waals surface area contributed by atoms with Gasteiger partial charge in [0.05, 0.1) is 37.6 Å². The fourth-order valence-corrected chi connectivity index (χ4v) is 6.99. The van der Waals surface area contributed by atoms with Crippen LogP contribution in [0.2, 0.25) is 0 Å². The van der Waals surface area contributed by atoms with Gasteiger partial charge in [-0.05, 0) is 37.5 Å². The van der Waals surface area contributed by atoms with Gasteiger partial charge in [0.2, 0.25) is 5.91 Å². The molecular weight excluding hydrogens is 512 g/mol. The number of rotatable bonds is 7. The molecule has 0 bridgehead atoms. The molecule has 5 heterocycles. The Bertz CT molecular complexity index is 1270. The van der Waals surface area contributed by atoms with Crippen LogP contribution in [0.4, 0.5) is 10.8 Å². The Balaban J connectivity index is 1.25. The van der Waals surface area contributed by atoms with Crippen molar-refractivity contribution in [1.82, 2.24) is 19.8 Å². The van der Waals surface area contributed by atoms with Crippen molar-refractivity contribution in [2.24, 2.45) is 0 Å². The maximum Gasteiger partial charge on any atom is 0.224 e. The van der Waals surface area contributed by atoms with Crippen LogP contribution in [0.5, 0.6) is 5.75 Å². The zero-order chi connectivity index (χ0) is 26.6. The second-order valence-corrected chi connectivity index (χ2v) is 11.4. The molecule has 0 aliphatic carbocycles. The number of pyridine rings is 1. The number of thiazole rings is 1. The zero-order valence-electron chi connectivity index (χ0n) is 22.8. The second kappa shape index (κ2) is 12.1. The van der Waals surface area contributed by atoms with Gasteiger partial charge in [-0.15, -0.1) is 11.3 Å². The van der Waals surface area contributed by atoms with Crippen LogP contribution in [0.3, 0.4) is 0 Å². The Morgan fingerprint density at radius 3 is 2.67 bits per heavy atom. The topological polar surface area (TPSA) is 74.3 Å². The number of benzene rings is 1. The van der Waals surface area contributed by atoms with Crippen LogP contribution in [-0.4, -0.2) is 98.4 Å². The highest BCUT2D eigenvalue weighted by Gasteiger charge is 2.31. The van der Waals surface area contributed by atoms with Gasteiger partial charge in [-0.2, -0.15) is 0 Å². The molecule has 1 amide bonds. The monoisotopic (exact) mass is 550 g/mol. The minimum atomic E-state index is -0.0309. The van der Waals surface area contributed by atoms with E-state index in [1.807, 2.05) is 23.2 Å². The highest BCUT2D eigenvalue weighted by molar-refractivity contribution is 7.13. The van der Waals surface area contributed by atoms with E-state index in [4.69, 9.17) is 19.4 Å². The first-order valence-corrected chi connectivity index (χ1v) is 15.1. The number of carbonyl (C=O) groups excluding carboxylic acids is 1. The Morgan fingerprint density at radius 1 is 1.00 bits per heavy atom. The van der Waals surface area contributed by atoms with Crippen molar-refractivity contribution in [3.63, 3.8) is 0 Å². The van der Waals surface area contributed by atoms with Gasteiger partial charge in [0.25, 0.3) is 0 Å². The molecule has 0 N–H and O–H groups in total. The Hall–Kier alpha value is -2.95. The van der Waals surface area contributed by atoms with E-state index in [-0.39, 0.29) is 11.9 Å².